The quantitative estimate of drug-likeness (QED) is 0.837. The minimum atomic E-state index is -0.815. The fourth-order valence-corrected chi connectivity index (χ4v) is 1.75. The molecule has 0 saturated heterocycles. The normalized spacial score (nSPS) is 11.8. The van der Waals surface area contributed by atoms with Gasteiger partial charge in [-0.05, 0) is 11.1 Å². The summed E-state index contributed by atoms with van der Waals surface area (Å²) in [5.41, 5.74) is 1.66. The van der Waals surface area contributed by atoms with Gasteiger partial charge in [0.05, 0.1) is 12.5 Å². The van der Waals surface area contributed by atoms with Crippen molar-refractivity contribution in [3.8, 4) is 0 Å². The lowest BCUT2D eigenvalue weighted by Gasteiger charge is -2.10. The highest BCUT2D eigenvalue weighted by atomic mass is 16.5. The molecule has 0 heterocycles. The van der Waals surface area contributed by atoms with Gasteiger partial charge in [0.1, 0.15) is 6.61 Å². The second-order valence-corrected chi connectivity index (χ2v) is 4.28. The predicted octanol–water partition coefficient (Wildman–Crippen LogP) is 2.85. The average molecular weight is 256 g/mol. The average Bonchev–Trinajstić information content (AvgIpc) is 2.47. The molecule has 2 rings (SSSR count). The van der Waals surface area contributed by atoms with Crippen LogP contribution in [0.15, 0.2) is 60.7 Å². The largest absolute Gasteiger partial charge is 0.461 e. The molecule has 98 valence electrons. The van der Waals surface area contributed by atoms with Crippen LogP contribution in [0.2, 0.25) is 0 Å². The SMILES string of the molecule is O=C(C[C@H](O)c1ccccc1)OCc1ccccc1. The summed E-state index contributed by atoms with van der Waals surface area (Å²) in [4.78, 5) is 11.6. The van der Waals surface area contributed by atoms with Crippen molar-refractivity contribution >= 4 is 5.97 Å². The van der Waals surface area contributed by atoms with Crippen LogP contribution in [-0.2, 0) is 16.1 Å². The third-order valence-electron chi connectivity index (χ3n) is 2.79. The molecule has 0 spiro atoms. The molecular weight excluding hydrogens is 240 g/mol. The van der Waals surface area contributed by atoms with E-state index in [0.717, 1.165) is 11.1 Å². The number of hydrogen-bond donors (Lipinski definition) is 1. The third kappa shape index (κ3) is 4.23. The molecule has 0 aliphatic rings. The summed E-state index contributed by atoms with van der Waals surface area (Å²) in [6.45, 7) is 0.237. The van der Waals surface area contributed by atoms with Crippen LogP contribution in [0.4, 0.5) is 0 Å². The number of aliphatic hydroxyl groups is 1. The molecule has 0 aliphatic carbocycles. The molecule has 0 aromatic heterocycles. The van der Waals surface area contributed by atoms with E-state index < -0.39 is 12.1 Å². The number of ether oxygens (including phenoxy) is 1. The molecule has 2 aromatic carbocycles. The number of carbonyl (C=O) groups excluding carboxylic acids is 1. The maximum Gasteiger partial charge on any atom is 0.309 e. The lowest BCUT2D eigenvalue weighted by atomic mass is 10.1. The van der Waals surface area contributed by atoms with Crippen LogP contribution in [0.1, 0.15) is 23.7 Å². The highest BCUT2D eigenvalue weighted by Gasteiger charge is 2.13. The van der Waals surface area contributed by atoms with Gasteiger partial charge in [-0.25, -0.2) is 0 Å². The van der Waals surface area contributed by atoms with Crippen molar-refractivity contribution in [3.05, 3.63) is 71.8 Å². The number of aliphatic hydroxyl groups excluding tert-OH is 1. The Morgan fingerprint density at radius 2 is 1.58 bits per heavy atom. The summed E-state index contributed by atoms with van der Waals surface area (Å²) in [6.07, 6.45) is -0.846. The van der Waals surface area contributed by atoms with Crippen LogP contribution in [0.5, 0.6) is 0 Å². The van der Waals surface area contributed by atoms with Gasteiger partial charge in [0.25, 0.3) is 0 Å². The Labute approximate surface area is 112 Å². The van der Waals surface area contributed by atoms with Crippen LogP contribution >= 0.6 is 0 Å². The monoisotopic (exact) mass is 256 g/mol. The first kappa shape index (κ1) is 13.3. The number of carbonyl (C=O) groups is 1. The van der Waals surface area contributed by atoms with Gasteiger partial charge < -0.3 is 9.84 Å². The molecule has 3 nitrogen and oxygen atoms in total. The molecule has 0 saturated carbocycles. The Bertz CT molecular complexity index is 508. The van der Waals surface area contributed by atoms with E-state index in [-0.39, 0.29) is 13.0 Å². The van der Waals surface area contributed by atoms with Gasteiger partial charge in [-0.1, -0.05) is 60.7 Å². The Morgan fingerprint density at radius 3 is 2.21 bits per heavy atom. The van der Waals surface area contributed by atoms with Gasteiger partial charge in [0.2, 0.25) is 0 Å². The molecule has 0 unspecified atom stereocenters. The first-order valence-corrected chi connectivity index (χ1v) is 6.18. The smallest absolute Gasteiger partial charge is 0.309 e. The van der Waals surface area contributed by atoms with Gasteiger partial charge in [-0.15, -0.1) is 0 Å². The van der Waals surface area contributed by atoms with E-state index in [1.165, 1.54) is 0 Å². The molecular formula is C16H16O3. The van der Waals surface area contributed by atoms with Crippen LogP contribution < -0.4 is 0 Å². The van der Waals surface area contributed by atoms with E-state index in [1.807, 2.05) is 48.5 Å². The lowest BCUT2D eigenvalue weighted by molar-refractivity contribution is -0.147. The summed E-state index contributed by atoms with van der Waals surface area (Å²) in [6, 6.07) is 18.6. The van der Waals surface area contributed by atoms with Crippen molar-refractivity contribution < 1.29 is 14.6 Å². The first-order valence-electron chi connectivity index (χ1n) is 6.18. The molecule has 3 heteroatoms. The van der Waals surface area contributed by atoms with E-state index in [2.05, 4.69) is 0 Å². The zero-order valence-electron chi connectivity index (χ0n) is 10.5. The van der Waals surface area contributed by atoms with Crippen molar-refractivity contribution in [3.63, 3.8) is 0 Å². The van der Waals surface area contributed by atoms with Crippen molar-refractivity contribution in [2.75, 3.05) is 0 Å². The van der Waals surface area contributed by atoms with Gasteiger partial charge >= 0.3 is 5.97 Å². The highest BCUT2D eigenvalue weighted by Crippen LogP contribution is 2.16. The fourth-order valence-electron chi connectivity index (χ4n) is 1.75. The van der Waals surface area contributed by atoms with Crippen molar-refractivity contribution in [2.24, 2.45) is 0 Å². The maximum atomic E-state index is 11.6. The highest BCUT2D eigenvalue weighted by molar-refractivity contribution is 5.70. The molecule has 19 heavy (non-hydrogen) atoms. The molecule has 1 atom stereocenters. The van der Waals surface area contributed by atoms with Crippen molar-refractivity contribution in [1.82, 2.24) is 0 Å². The summed E-state index contributed by atoms with van der Waals surface area (Å²) < 4.78 is 5.12. The van der Waals surface area contributed by atoms with E-state index in [0.29, 0.717) is 0 Å². The Balaban J connectivity index is 1.82. The predicted molar refractivity (Wildman–Crippen MR) is 72.3 cm³/mol. The summed E-state index contributed by atoms with van der Waals surface area (Å²) in [5, 5.41) is 9.89. The Hall–Kier alpha value is -2.13. The zero-order chi connectivity index (χ0) is 13.5. The second kappa shape index (κ2) is 6.71. The summed E-state index contributed by atoms with van der Waals surface area (Å²) >= 11 is 0. The van der Waals surface area contributed by atoms with Crippen LogP contribution in [0.3, 0.4) is 0 Å². The number of esters is 1. The van der Waals surface area contributed by atoms with E-state index in [9.17, 15) is 9.90 Å². The third-order valence-corrected chi connectivity index (χ3v) is 2.79. The second-order valence-electron chi connectivity index (χ2n) is 4.28. The number of rotatable bonds is 5. The number of benzene rings is 2. The minimum absolute atomic E-state index is 0.0309. The van der Waals surface area contributed by atoms with Gasteiger partial charge in [-0.2, -0.15) is 0 Å². The summed E-state index contributed by atoms with van der Waals surface area (Å²) in [5.74, 6) is -0.403. The van der Waals surface area contributed by atoms with E-state index in [1.54, 1.807) is 12.1 Å². The first-order chi connectivity index (χ1) is 9.25. The molecule has 2 aromatic rings. The molecule has 0 fully saturated rings. The van der Waals surface area contributed by atoms with E-state index >= 15 is 0 Å². The van der Waals surface area contributed by atoms with Crippen LogP contribution in [-0.4, -0.2) is 11.1 Å². The van der Waals surface area contributed by atoms with Crippen LogP contribution in [0.25, 0.3) is 0 Å². The topological polar surface area (TPSA) is 46.5 Å². The lowest BCUT2D eigenvalue weighted by Crippen LogP contribution is -2.10. The fraction of sp³-hybridized carbons (Fsp3) is 0.188. The Morgan fingerprint density at radius 1 is 1.00 bits per heavy atom. The summed E-state index contributed by atoms with van der Waals surface area (Å²) in [7, 11) is 0. The van der Waals surface area contributed by atoms with Crippen molar-refractivity contribution in [1.29, 1.82) is 0 Å². The van der Waals surface area contributed by atoms with Crippen LogP contribution in [0, 0.1) is 0 Å². The van der Waals surface area contributed by atoms with Gasteiger partial charge in [-0.3, -0.25) is 4.79 Å². The molecule has 0 radical (unpaired) electrons. The number of hydrogen-bond acceptors (Lipinski definition) is 3. The molecule has 1 N–H and O–H groups in total. The molecule has 0 bridgehead atoms. The van der Waals surface area contributed by atoms with Gasteiger partial charge in [0, 0.05) is 0 Å². The standard InChI is InChI=1S/C16H16O3/c17-15(14-9-5-2-6-10-14)11-16(18)19-12-13-7-3-1-4-8-13/h1-10,15,17H,11-12H2/t15-/m0/s1. The molecule has 0 aliphatic heterocycles. The zero-order valence-corrected chi connectivity index (χ0v) is 10.5. The maximum absolute atomic E-state index is 11.6. The minimum Gasteiger partial charge on any atom is -0.461 e. The van der Waals surface area contributed by atoms with Gasteiger partial charge in [0.15, 0.2) is 0 Å². The van der Waals surface area contributed by atoms with E-state index in [4.69, 9.17) is 4.74 Å². The van der Waals surface area contributed by atoms with Crippen molar-refractivity contribution in [2.45, 2.75) is 19.1 Å². The molecule has 0 amide bonds. The Kier molecular flexibility index (Phi) is 4.70.